The summed E-state index contributed by atoms with van der Waals surface area (Å²) >= 11 is 0. The van der Waals surface area contributed by atoms with Gasteiger partial charge in [0.15, 0.2) is 0 Å². The van der Waals surface area contributed by atoms with E-state index in [1.54, 1.807) is 6.07 Å². The van der Waals surface area contributed by atoms with Crippen molar-refractivity contribution in [3.05, 3.63) is 34.9 Å². The van der Waals surface area contributed by atoms with E-state index >= 15 is 0 Å². The second-order valence-corrected chi connectivity index (χ2v) is 5.39. The molecule has 1 aromatic carbocycles. The number of hydrogen-bond acceptors (Lipinski definition) is 4. The molecule has 1 fully saturated rings. The standard InChI is InChI=1S/C15H23N3O2/c1-11-7-12(15(16)19)3-4-13(11)8-17-9-14-10-18(2)5-6-20-14/h3-4,7,14,17H,5-6,8-10H2,1-2H3,(H2,16,19). The molecule has 1 aromatic rings. The van der Waals surface area contributed by atoms with E-state index < -0.39 is 0 Å². The van der Waals surface area contributed by atoms with Gasteiger partial charge in [0.05, 0.1) is 12.7 Å². The van der Waals surface area contributed by atoms with Crippen molar-refractivity contribution in [3.8, 4) is 0 Å². The van der Waals surface area contributed by atoms with Gasteiger partial charge in [-0.25, -0.2) is 0 Å². The van der Waals surface area contributed by atoms with Gasteiger partial charge in [0, 0.05) is 31.7 Å². The average molecular weight is 277 g/mol. The molecule has 110 valence electrons. The quantitative estimate of drug-likeness (QED) is 0.823. The number of amides is 1. The van der Waals surface area contributed by atoms with Gasteiger partial charge in [0.25, 0.3) is 0 Å². The van der Waals surface area contributed by atoms with E-state index in [9.17, 15) is 4.79 Å². The summed E-state index contributed by atoms with van der Waals surface area (Å²) in [6.07, 6.45) is 0.249. The third-order valence-corrected chi connectivity index (χ3v) is 3.66. The van der Waals surface area contributed by atoms with E-state index in [4.69, 9.17) is 10.5 Å². The summed E-state index contributed by atoms with van der Waals surface area (Å²) in [7, 11) is 2.11. The Morgan fingerprint density at radius 1 is 1.55 bits per heavy atom. The largest absolute Gasteiger partial charge is 0.374 e. The van der Waals surface area contributed by atoms with Gasteiger partial charge in [-0.3, -0.25) is 4.79 Å². The van der Waals surface area contributed by atoms with Crippen molar-refractivity contribution in [3.63, 3.8) is 0 Å². The molecular formula is C15H23N3O2. The lowest BCUT2D eigenvalue weighted by atomic mass is 10.0. The van der Waals surface area contributed by atoms with Crippen molar-refractivity contribution >= 4 is 5.91 Å². The number of nitrogens with one attached hydrogen (secondary N) is 1. The number of primary amides is 1. The molecule has 0 saturated carbocycles. The Balaban J connectivity index is 1.83. The molecule has 0 aromatic heterocycles. The van der Waals surface area contributed by atoms with Crippen LogP contribution in [0.3, 0.4) is 0 Å². The first-order valence-corrected chi connectivity index (χ1v) is 6.96. The molecule has 5 heteroatoms. The third-order valence-electron chi connectivity index (χ3n) is 3.66. The van der Waals surface area contributed by atoms with E-state index in [2.05, 4.69) is 17.3 Å². The number of hydrogen-bond donors (Lipinski definition) is 2. The van der Waals surface area contributed by atoms with Gasteiger partial charge in [-0.1, -0.05) is 6.07 Å². The molecule has 1 saturated heterocycles. The van der Waals surface area contributed by atoms with E-state index in [0.29, 0.717) is 5.56 Å². The van der Waals surface area contributed by atoms with Crippen LogP contribution in [0.1, 0.15) is 21.5 Å². The van der Waals surface area contributed by atoms with Crippen LogP contribution >= 0.6 is 0 Å². The van der Waals surface area contributed by atoms with E-state index in [-0.39, 0.29) is 12.0 Å². The molecule has 1 heterocycles. The number of carbonyl (C=O) groups excluding carboxylic acids is 1. The van der Waals surface area contributed by atoms with E-state index in [1.165, 1.54) is 5.56 Å². The molecular weight excluding hydrogens is 254 g/mol. The van der Waals surface area contributed by atoms with Gasteiger partial charge in [-0.2, -0.15) is 0 Å². The monoisotopic (exact) mass is 277 g/mol. The van der Waals surface area contributed by atoms with Crippen LogP contribution in [0, 0.1) is 6.92 Å². The van der Waals surface area contributed by atoms with Crippen molar-refractivity contribution in [2.45, 2.75) is 19.6 Å². The Bertz CT molecular complexity index is 476. The minimum Gasteiger partial charge on any atom is -0.374 e. The Morgan fingerprint density at radius 3 is 3.00 bits per heavy atom. The molecule has 1 aliphatic rings. The van der Waals surface area contributed by atoms with E-state index in [1.807, 2.05) is 19.1 Å². The van der Waals surface area contributed by atoms with Crippen LogP contribution in [0.25, 0.3) is 0 Å². The number of carbonyl (C=O) groups is 1. The highest BCUT2D eigenvalue weighted by Gasteiger charge is 2.16. The smallest absolute Gasteiger partial charge is 0.248 e. The number of ether oxygens (including phenoxy) is 1. The van der Waals surface area contributed by atoms with Crippen molar-refractivity contribution in [2.24, 2.45) is 5.73 Å². The number of morpholine rings is 1. The molecule has 1 aliphatic heterocycles. The van der Waals surface area contributed by atoms with Gasteiger partial charge in [0.1, 0.15) is 0 Å². The van der Waals surface area contributed by atoms with Gasteiger partial charge in [-0.05, 0) is 37.2 Å². The summed E-state index contributed by atoms with van der Waals surface area (Å²) in [6, 6.07) is 5.57. The Hall–Kier alpha value is -1.43. The fourth-order valence-electron chi connectivity index (χ4n) is 2.41. The van der Waals surface area contributed by atoms with Crippen LogP contribution in [0.2, 0.25) is 0 Å². The van der Waals surface area contributed by atoms with Crippen LogP contribution in [0.15, 0.2) is 18.2 Å². The molecule has 1 unspecified atom stereocenters. The summed E-state index contributed by atoms with van der Waals surface area (Å²) in [5.74, 6) is -0.383. The Labute approximate surface area is 120 Å². The predicted molar refractivity (Wildman–Crippen MR) is 78.6 cm³/mol. The molecule has 0 bridgehead atoms. The summed E-state index contributed by atoms with van der Waals surface area (Å²) in [5.41, 5.74) is 8.09. The van der Waals surface area contributed by atoms with Crippen LogP contribution < -0.4 is 11.1 Å². The van der Waals surface area contributed by atoms with Gasteiger partial charge < -0.3 is 20.7 Å². The molecule has 1 atom stereocenters. The number of rotatable bonds is 5. The topological polar surface area (TPSA) is 67.6 Å². The minimum absolute atomic E-state index is 0.249. The lowest BCUT2D eigenvalue weighted by Gasteiger charge is -2.30. The zero-order chi connectivity index (χ0) is 14.5. The highest BCUT2D eigenvalue weighted by atomic mass is 16.5. The zero-order valence-corrected chi connectivity index (χ0v) is 12.2. The van der Waals surface area contributed by atoms with Crippen molar-refractivity contribution in [1.82, 2.24) is 10.2 Å². The van der Waals surface area contributed by atoms with Gasteiger partial charge >= 0.3 is 0 Å². The van der Waals surface area contributed by atoms with Crippen molar-refractivity contribution in [1.29, 1.82) is 0 Å². The van der Waals surface area contributed by atoms with Crippen molar-refractivity contribution in [2.75, 3.05) is 33.3 Å². The number of likely N-dealkylation sites (N-methyl/N-ethyl adjacent to an activating group) is 1. The van der Waals surface area contributed by atoms with Crippen LogP contribution in [0.4, 0.5) is 0 Å². The summed E-state index contributed by atoms with van der Waals surface area (Å²) in [5, 5.41) is 3.41. The molecule has 3 N–H and O–H groups in total. The molecule has 2 rings (SSSR count). The molecule has 20 heavy (non-hydrogen) atoms. The summed E-state index contributed by atoms with van der Waals surface area (Å²) < 4.78 is 5.70. The fourth-order valence-corrected chi connectivity index (χ4v) is 2.41. The maximum atomic E-state index is 11.1. The molecule has 1 amide bonds. The Kier molecular flexibility index (Phi) is 5.11. The second-order valence-electron chi connectivity index (χ2n) is 5.39. The van der Waals surface area contributed by atoms with E-state index in [0.717, 1.165) is 38.3 Å². The summed E-state index contributed by atoms with van der Waals surface area (Å²) in [6.45, 7) is 6.37. The highest BCUT2D eigenvalue weighted by Crippen LogP contribution is 2.11. The first-order valence-electron chi connectivity index (χ1n) is 6.96. The van der Waals surface area contributed by atoms with Gasteiger partial charge in [-0.15, -0.1) is 0 Å². The maximum Gasteiger partial charge on any atom is 0.248 e. The molecule has 0 radical (unpaired) electrons. The first kappa shape index (κ1) is 15.0. The zero-order valence-electron chi connectivity index (χ0n) is 12.2. The van der Waals surface area contributed by atoms with Crippen LogP contribution in [0.5, 0.6) is 0 Å². The molecule has 5 nitrogen and oxygen atoms in total. The predicted octanol–water partition coefficient (Wildman–Crippen LogP) is 0.514. The SMILES string of the molecule is Cc1cc(C(N)=O)ccc1CNCC1CN(C)CCO1. The van der Waals surface area contributed by atoms with Crippen LogP contribution in [-0.2, 0) is 11.3 Å². The normalized spacial score (nSPS) is 20.0. The fraction of sp³-hybridized carbons (Fsp3) is 0.533. The summed E-state index contributed by atoms with van der Waals surface area (Å²) in [4.78, 5) is 13.4. The highest BCUT2D eigenvalue weighted by molar-refractivity contribution is 5.93. The number of benzene rings is 1. The van der Waals surface area contributed by atoms with Gasteiger partial charge in [0.2, 0.25) is 5.91 Å². The second kappa shape index (κ2) is 6.83. The molecule has 0 aliphatic carbocycles. The maximum absolute atomic E-state index is 11.1. The number of nitrogens with two attached hydrogens (primary N) is 1. The molecule has 0 spiro atoms. The van der Waals surface area contributed by atoms with Crippen molar-refractivity contribution < 1.29 is 9.53 Å². The first-order chi connectivity index (χ1) is 9.56. The number of aryl methyl sites for hydroxylation is 1. The average Bonchev–Trinajstić information content (AvgIpc) is 2.40. The van der Waals surface area contributed by atoms with Crippen LogP contribution in [-0.4, -0.2) is 50.2 Å². The third kappa shape index (κ3) is 4.03. The number of nitrogens with zero attached hydrogens (tertiary/aromatic N) is 1. The lowest BCUT2D eigenvalue weighted by Crippen LogP contribution is -2.44. The lowest BCUT2D eigenvalue weighted by molar-refractivity contribution is -0.0182. The minimum atomic E-state index is -0.383. The Morgan fingerprint density at radius 2 is 2.35 bits per heavy atom.